The van der Waals surface area contributed by atoms with Crippen LogP contribution in [0.25, 0.3) is 33.2 Å². The lowest BCUT2D eigenvalue weighted by atomic mass is 10.0. The van der Waals surface area contributed by atoms with Gasteiger partial charge >= 0.3 is 0 Å². The van der Waals surface area contributed by atoms with E-state index in [-0.39, 0.29) is 0 Å². The van der Waals surface area contributed by atoms with Crippen LogP contribution < -0.4 is 0 Å². The van der Waals surface area contributed by atoms with Gasteiger partial charge in [0.2, 0.25) is 0 Å². The number of aromatic nitrogens is 2. The molecular formula is C20H18N2O. The number of hydrogen-bond acceptors (Lipinski definition) is 3. The molecule has 3 heteroatoms. The average Bonchev–Trinajstić information content (AvgIpc) is 2.93. The normalized spacial score (nSPS) is 11.7. The first-order valence-electron chi connectivity index (χ1n) is 7.87. The van der Waals surface area contributed by atoms with Gasteiger partial charge in [0.05, 0.1) is 5.69 Å². The lowest BCUT2D eigenvalue weighted by molar-refractivity contribution is 0.656. The second kappa shape index (κ2) is 5.20. The van der Waals surface area contributed by atoms with Gasteiger partial charge in [0, 0.05) is 40.5 Å². The number of pyridine rings is 2. The Labute approximate surface area is 135 Å². The van der Waals surface area contributed by atoms with Crippen molar-refractivity contribution in [2.45, 2.75) is 26.7 Å². The summed E-state index contributed by atoms with van der Waals surface area (Å²) < 4.78 is 6.29. The van der Waals surface area contributed by atoms with Crippen molar-refractivity contribution in [2.75, 3.05) is 0 Å². The summed E-state index contributed by atoms with van der Waals surface area (Å²) >= 11 is 0. The second-order valence-electron chi connectivity index (χ2n) is 6.26. The predicted molar refractivity (Wildman–Crippen MR) is 93.6 cm³/mol. The van der Waals surface area contributed by atoms with Crippen molar-refractivity contribution in [3.05, 3.63) is 60.0 Å². The smallest absolute Gasteiger partial charge is 0.144 e. The van der Waals surface area contributed by atoms with Crippen molar-refractivity contribution in [3.63, 3.8) is 0 Å². The van der Waals surface area contributed by atoms with Crippen molar-refractivity contribution in [2.24, 2.45) is 0 Å². The van der Waals surface area contributed by atoms with E-state index >= 15 is 0 Å². The van der Waals surface area contributed by atoms with Crippen LogP contribution in [0.5, 0.6) is 0 Å². The fourth-order valence-electron chi connectivity index (χ4n) is 3.03. The molecule has 3 aromatic heterocycles. The van der Waals surface area contributed by atoms with Gasteiger partial charge in [-0.15, -0.1) is 0 Å². The summed E-state index contributed by atoms with van der Waals surface area (Å²) in [6.07, 6.45) is 5.63. The Bertz CT molecular complexity index is 1010. The predicted octanol–water partition coefficient (Wildman–Crippen LogP) is 5.47. The molecule has 0 fully saturated rings. The lowest BCUT2D eigenvalue weighted by Crippen LogP contribution is -1.88. The van der Waals surface area contributed by atoms with Crippen LogP contribution in [0.4, 0.5) is 0 Å². The van der Waals surface area contributed by atoms with Gasteiger partial charge in [0.1, 0.15) is 11.2 Å². The SMILES string of the molecule is Cc1ccnc(-c2cccc3c2oc2c(C(C)C)cncc23)c1. The molecule has 0 atom stereocenters. The molecule has 1 aromatic carbocycles. The maximum absolute atomic E-state index is 6.29. The van der Waals surface area contributed by atoms with Crippen molar-refractivity contribution in [3.8, 4) is 11.3 Å². The molecule has 0 N–H and O–H groups in total. The summed E-state index contributed by atoms with van der Waals surface area (Å²) in [5, 5.41) is 2.16. The van der Waals surface area contributed by atoms with Gasteiger partial charge in [0.15, 0.2) is 0 Å². The van der Waals surface area contributed by atoms with E-state index in [4.69, 9.17) is 4.42 Å². The second-order valence-corrected chi connectivity index (χ2v) is 6.26. The molecule has 0 aliphatic rings. The maximum atomic E-state index is 6.29. The summed E-state index contributed by atoms with van der Waals surface area (Å²) in [7, 11) is 0. The molecule has 0 bridgehead atoms. The number of fused-ring (bicyclic) bond motifs is 3. The van der Waals surface area contributed by atoms with Gasteiger partial charge in [-0.2, -0.15) is 0 Å². The Morgan fingerprint density at radius 2 is 1.87 bits per heavy atom. The van der Waals surface area contributed by atoms with E-state index in [1.165, 1.54) is 5.56 Å². The molecule has 0 radical (unpaired) electrons. The van der Waals surface area contributed by atoms with Crippen LogP contribution >= 0.6 is 0 Å². The third-order valence-corrected chi connectivity index (χ3v) is 4.25. The molecule has 0 spiro atoms. The average molecular weight is 302 g/mol. The molecule has 0 amide bonds. The molecular weight excluding hydrogens is 284 g/mol. The molecule has 3 heterocycles. The topological polar surface area (TPSA) is 38.9 Å². The van der Waals surface area contributed by atoms with Crippen LogP contribution in [-0.2, 0) is 0 Å². The number of aryl methyl sites for hydroxylation is 1. The highest BCUT2D eigenvalue weighted by molar-refractivity contribution is 6.09. The molecule has 0 saturated carbocycles. The van der Waals surface area contributed by atoms with E-state index in [9.17, 15) is 0 Å². The lowest BCUT2D eigenvalue weighted by Gasteiger charge is -2.04. The van der Waals surface area contributed by atoms with Crippen LogP contribution in [0, 0.1) is 6.92 Å². The summed E-state index contributed by atoms with van der Waals surface area (Å²) in [5.74, 6) is 0.368. The molecule has 0 unspecified atom stereocenters. The zero-order valence-corrected chi connectivity index (χ0v) is 13.5. The Morgan fingerprint density at radius 3 is 2.65 bits per heavy atom. The number of nitrogens with zero attached hydrogens (tertiary/aromatic N) is 2. The zero-order chi connectivity index (χ0) is 16.0. The number of para-hydroxylation sites is 1. The van der Waals surface area contributed by atoms with E-state index in [0.717, 1.165) is 38.8 Å². The first-order valence-corrected chi connectivity index (χ1v) is 7.87. The fraction of sp³-hybridized carbons (Fsp3) is 0.200. The summed E-state index contributed by atoms with van der Waals surface area (Å²) in [6.45, 7) is 6.39. The van der Waals surface area contributed by atoms with E-state index in [1.54, 1.807) is 0 Å². The highest BCUT2D eigenvalue weighted by Gasteiger charge is 2.16. The van der Waals surface area contributed by atoms with Crippen LogP contribution in [-0.4, -0.2) is 9.97 Å². The molecule has 0 aliphatic heterocycles. The van der Waals surface area contributed by atoms with Gasteiger partial charge < -0.3 is 4.42 Å². The standard InChI is InChI=1S/C20H18N2O/c1-12(2)16-10-21-11-17-14-5-4-6-15(19(14)23-20(16)17)18-9-13(3)7-8-22-18/h4-12H,1-3H3. The van der Waals surface area contributed by atoms with E-state index in [2.05, 4.69) is 55.0 Å². The van der Waals surface area contributed by atoms with E-state index in [0.29, 0.717) is 5.92 Å². The third-order valence-electron chi connectivity index (χ3n) is 4.25. The van der Waals surface area contributed by atoms with Gasteiger partial charge in [-0.25, -0.2) is 0 Å². The van der Waals surface area contributed by atoms with Gasteiger partial charge in [-0.3, -0.25) is 9.97 Å². The Hall–Kier alpha value is -2.68. The molecule has 23 heavy (non-hydrogen) atoms. The fourth-order valence-corrected chi connectivity index (χ4v) is 3.03. The minimum Gasteiger partial charge on any atom is -0.455 e. The molecule has 0 saturated heterocycles. The Balaban J connectivity index is 2.08. The largest absolute Gasteiger partial charge is 0.455 e. The third kappa shape index (κ3) is 2.20. The van der Waals surface area contributed by atoms with Crippen LogP contribution in [0.2, 0.25) is 0 Å². The number of rotatable bonds is 2. The number of furan rings is 1. The van der Waals surface area contributed by atoms with Crippen LogP contribution in [0.3, 0.4) is 0 Å². The van der Waals surface area contributed by atoms with Crippen LogP contribution in [0.1, 0.15) is 30.9 Å². The Morgan fingerprint density at radius 1 is 1.00 bits per heavy atom. The maximum Gasteiger partial charge on any atom is 0.144 e. The van der Waals surface area contributed by atoms with Crippen LogP contribution in [0.15, 0.2) is 53.3 Å². The van der Waals surface area contributed by atoms with Crippen molar-refractivity contribution in [1.29, 1.82) is 0 Å². The number of benzene rings is 1. The zero-order valence-electron chi connectivity index (χ0n) is 13.5. The molecule has 4 rings (SSSR count). The van der Waals surface area contributed by atoms with Crippen molar-refractivity contribution in [1.82, 2.24) is 9.97 Å². The molecule has 0 aliphatic carbocycles. The number of hydrogen-bond donors (Lipinski definition) is 0. The minimum absolute atomic E-state index is 0.368. The van der Waals surface area contributed by atoms with Gasteiger partial charge in [0.25, 0.3) is 0 Å². The Kier molecular flexibility index (Phi) is 3.15. The quantitative estimate of drug-likeness (QED) is 0.492. The highest BCUT2D eigenvalue weighted by atomic mass is 16.3. The molecule has 3 nitrogen and oxygen atoms in total. The first kappa shape index (κ1) is 13.9. The van der Waals surface area contributed by atoms with Gasteiger partial charge in [-0.05, 0) is 36.6 Å². The highest BCUT2D eigenvalue weighted by Crippen LogP contribution is 2.37. The summed E-state index contributed by atoms with van der Waals surface area (Å²) in [5.41, 5.74) is 6.11. The molecule has 4 aromatic rings. The van der Waals surface area contributed by atoms with E-state index < -0.39 is 0 Å². The summed E-state index contributed by atoms with van der Waals surface area (Å²) in [4.78, 5) is 8.91. The molecule has 114 valence electrons. The minimum atomic E-state index is 0.368. The van der Waals surface area contributed by atoms with Gasteiger partial charge in [-0.1, -0.05) is 26.0 Å². The van der Waals surface area contributed by atoms with E-state index in [1.807, 2.05) is 24.7 Å². The van der Waals surface area contributed by atoms with Crippen molar-refractivity contribution < 1.29 is 4.42 Å². The van der Waals surface area contributed by atoms with Crippen molar-refractivity contribution >= 4 is 21.9 Å². The summed E-state index contributed by atoms with van der Waals surface area (Å²) in [6, 6.07) is 10.3. The first-order chi connectivity index (χ1) is 11.1. The monoisotopic (exact) mass is 302 g/mol.